The Bertz CT molecular complexity index is 1410. The first-order chi connectivity index (χ1) is 14.5. The Morgan fingerprint density at radius 3 is 2.60 bits per heavy atom. The standard InChI is InChI=1S/C26H22N2OS/c1-16-8-9-17(2)19(13-16)15-28-22-6-3-5-21(26(27)29)25(22)20-11-10-18(14-23(20)28)24-7-4-12-30-24/h3-14H,15H2,1-2H3,(H2,27,29). The van der Waals surface area contributed by atoms with Crippen molar-refractivity contribution < 1.29 is 4.79 Å². The van der Waals surface area contributed by atoms with Crippen LogP contribution >= 0.6 is 11.3 Å². The van der Waals surface area contributed by atoms with Crippen LogP contribution in [-0.2, 0) is 6.54 Å². The number of nitrogens with two attached hydrogens (primary N) is 1. The van der Waals surface area contributed by atoms with Gasteiger partial charge in [-0.2, -0.15) is 0 Å². The number of nitrogens with zero attached hydrogens (tertiary/aromatic N) is 1. The van der Waals surface area contributed by atoms with Gasteiger partial charge in [0.15, 0.2) is 0 Å². The lowest BCUT2D eigenvalue weighted by Gasteiger charge is -2.12. The summed E-state index contributed by atoms with van der Waals surface area (Å²) in [5.41, 5.74) is 13.4. The SMILES string of the molecule is Cc1ccc(C)c(Cn2c3cc(-c4cccs4)ccc3c3c(C(N)=O)cccc32)c1. The quantitative estimate of drug-likeness (QED) is 0.372. The lowest BCUT2D eigenvalue weighted by atomic mass is 10.0. The maximum Gasteiger partial charge on any atom is 0.249 e. The zero-order chi connectivity index (χ0) is 20.8. The summed E-state index contributed by atoms with van der Waals surface area (Å²) in [5, 5.41) is 4.09. The molecule has 0 fully saturated rings. The second-order valence-corrected chi connectivity index (χ2v) is 8.74. The summed E-state index contributed by atoms with van der Waals surface area (Å²) >= 11 is 1.73. The van der Waals surface area contributed by atoms with E-state index in [0.29, 0.717) is 5.56 Å². The van der Waals surface area contributed by atoms with E-state index < -0.39 is 5.91 Å². The molecule has 0 saturated carbocycles. The molecule has 30 heavy (non-hydrogen) atoms. The summed E-state index contributed by atoms with van der Waals surface area (Å²) in [6, 6.07) is 23.1. The van der Waals surface area contributed by atoms with Crippen LogP contribution in [0.15, 0.2) is 72.1 Å². The summed E-state index contributed by atoms with van der Waals surface area (Å²) in [4.78, 5) is 13.4. The number of thiophene rings is 1. The number of primary amides is 1. The van der Waals surface area contributed by atoms with Crippen LogP contribution in [0.4, 0.5) is 0 Å². The molecular weight excluding hydrogens is 388 g/mol. The van der Waals surface area contributed by atoms with Crippen LogP contribution in [0.3, 0.4) is 0 Å². The minimum atomic E-state index is -0.395. The predicted molar refractivity (Wildman–Crippen MR) is 126 cm³/mol. The third-order valence-electron chi connectivity index (χ3n) is 5.80. The molecule has 0 aliphatic carbocycles. The Kier molecular flexibility index (Phi) is 4.44. The number of rotatable bonds is 4. The van der Waals surface area contributed by atoms with Crippen LogP contribution in [0.25, 0.3) is 32.2 Å². The average molecular weight is 411 g/mol. The number of aromatic nitrogens is 1. The highest BCUT2D eigenvalue weighted by molar-refractivity contribution is 7.13. The van der Waals surface area contributed by atoms with Crippen molar-refractivity contribution in [3.05, 3.63) is 94.4 Å². The number of carbonyl (C=O) groups excluding carboxylic acids is 1. The first-order valence-corrected chi connectivity index (χ1v) is 10.9. The number of aryl methyl sites for hydroxylation is 2. The Balaban J connectivity index is 1.83. The molecule has 0 aliphatic rings. The van der Waals surface area contributed by atoms with Crippen molar-refractivity contribution in [3.63, 3.8) is 0 Å². The van der Waals surface area contributed by atoms with Gasteiger partial charge in [0.05, 0.1) is 11.0 Å². The van der Waals surface area contributed by atoms with Gasteiger partial charge in [0.2, 0.25) is 5.91 Å². The summed E-state index contributed by atoms with van der Waals surface area (Å²) in [7, 11) is 0. The van der Waals surface area contributed by atoms with E-state index in [2.05, 4.69) is 78.4 Å². The van der Waals surface area contributed by atoms with Crippen LogP contribution in [0, 0.1) is 13.8 Å². The zero-order valence-corrected chi connectivity index (χ0v) is 17.8. The molecule has 2 aromatic heterocycles. The molecule has 0 atom stereocenters. The topological polar surface area (TPSA) is 48.0 Å². The molecule has 3 aromatic carbocycles. The van der Waals surface area contributed by atoms with Gasteiger partial charge < -0.3 is 10.3 Å². The van der Waals surface area contributed by atoms with Crippen LogP contribution in [-0.4, -0.2) is 10.5 Å². The summed E-state index contributed by atoms with van der Waals surface area (Å²) in [5.74, 6) is -0.395. The van der Waals surface area contributed by atoms with Gasteiger partial charge in [-0.1, -0.05) is 48.0 Å². The van der Waals surface area contributed by atoms with Crippen molar-refractivity contribution in [2.45, 2.75) is 20.4 Å². The van der Waals surface area contributed by atoms with E-state index in [-0.39, 0.29) is 0 Å². The van der Waals surface area contributed by atoms with Gasteiger partial charge in [-0.05, 0) is 60.2 Å². The molecular formula is C26H22N2OS. The van der Waals surface area contributed by atoms with Crippen LogP contribution in [0.2, 0.25) is 0 Å². The van der Waals surface area contributed by atoms with Gasteiger partial charge >= 0.3 is 0 Å². The van der Waals surface area contributed by atoms with Crippen molar-refractivity contribution in [1.82, 2.24) is 4.57 Å². The molecule has 0 bridgehead atoms. The monoisotopic (exact) mass is 410 g/mol. The minimum Gasteiger partial charge on any atom is -0.366 e. The van der Waals surface area contributed by atoms with Crippen molar-refractivity contribution in [2.75, 3.05) is 0 Å². The Morgan fingerprint density at radius 2 is 1.83 bits per heavy atom. The molecule has 3 nitrogen and oxygen atoms in total. The Labute approximate surface area is 179 Å². The highest BCUT2D eigenvalue weighted by Crippen LogP contribution is 2.36. The predicted octanol–water partition coefficient (Wildman–Crippen LogP) is 6.29. The number of amides is 1. The Hall–Kier alpha value is -3.37. The minimum absolute atomic E-state index is 0.395. The summed E-state index contributed by atoms with van der Waals surface area (Å²) in [6.45, 7) is 5.01. The number of benzene rings is 3. The van der Waals surface area contributed by atoms with E-state index in [9.17, 15) is 4.79 Å². The lowest BCUT2D eigenvalue weighted by Crippen LogP contribution is -2.11. The normalized spacial score (nSPS) is 11.4. The Morgan fingerprint density at radius 1 is 0.967 bits per heavy atom. The third kappa shape index (κ3) is 3.01. The smallest absolute Gasteiger partial charge is 0.249 e. The summed E-state index contributed by atoms with van der Waals surface area (Å²) in [6.07, 6.45) is 0. The largest absolute Gasteiger partial charge is 0.366 e. The lowest BCUT2D eigenvalue weighted by molar-refractivity contribution is 0.100. The molecule has 148 valence electrons. The fraction of sp³-hybridized carbons (Fsp3) is 0.115. The van der Waals surface area contributed by atoms with E-state index in [1.807, 2.05) is 12.1 Å². The molecule has 1 amide bonds. The van der Waals surface area contributed by atoms with Gasteiger partial charge in [-0.3, -0.25) is 4.79 Å². The third-order valence-corrected chi connectivity index (χ3v) is 6.71. The number of fused-ring (bicyclic) bond motifs is 3. The molecule has 2 N–H and O–H groups in total. The van der Waals surface area contributed by atoms with Gasteiger partial charge in [-0.25, -0.2) is 0 Å². The second kappa shape index (κ2) is 7.15. The molecule has 0 spiro atoms. The average Bonchev–Trinajstić information content (AvgIpc) is 3.37. The highest BCUT2D eigenvalue weighted by atomic mass is 32.1. The summed E-state index contributed by atoms with van der Waals surface area (Å²) < 4.78 is 2.32. The van der Waals surface area contributed by atoms with Crippen molar-refractivity contribution in [3.8, 4) is 10.4 Å². The number of hydrogen-bond donors (Lipinski definition) is 1. The molecule has 5 aromatic rings. The first-order valence-electron chi connectivity index (χ1n) is 9.98. The zero-order valence-electron chi connectivity index (χ0n) is 17.0. The van der Waals surface area contributed by atoms with Crippen LogP contribution in [0.5, 0.6) is 0 Å². The van der Waals surface area contributed by atoms with Crippen molar-refractivity contribution >= 4 is 39.0 Å². The van der Waals surface area contributed by atoms with Gasteiger partial charge in [0, 0.05) is 27.8 Å². The van der Waals surface area contributed by atoms with E-state index in [4.69, 9.17) is 5.73 Å². The van der Waals surface area contributed by atoms with Crippen molar-refractivity contribution in [1.29, 1.82) is 0 Å². The highest BCUT2D eigenvalue weighted by Gasteiger charge is 2.18. The van der Waals surface area contributed by atoms with Gasteiger partial charge in [-0.15, -0.1) is 11.3 Å². The van der Waals surface area contributed by atoms with E-state index >= 15 is 0 Å². The van der Waals surface area contributed by atoms with Gasteiger partial charge in [0.1, 0.15) is 0 Å². The fourth-order valence-corrected chi connectivity index (χ4v) is 4.98. The van der Waals surface area contributed by atoms with E-state index in [1.165, 1.54) is 27.1 Å². The van der Waals surface area contributed by atoms with E-state index in [1.54, 1.807) is 11.3 Å². The van der Waals surface area contributed by atoms with Crippen molar-refractivity contribution in [2.24, 2.45) is 5.73 Å². The maximum atomic E-state index is 12.2. The van der Waals surface area contributed by atoms with Gasteiger partial charge in [0.25, 0.3) is 0 Å². The molecule has 4 heteroatoms. The number of carbonyl (C=O) groups is 1. The van der Waals surface area contributed by atoms with Crippen LogP contribution in [0.1, 0.15) is 27.0 Å². The molecule has 0 radical (unpaired) electrons. The first kappa shape index (κ1) is 18.6. The maximum absolute atomic E-state index is 12.2. The molecule has 5 rings (SSSR count). The van der Waals surface area contributed by atoms with Crippen LogP contribution < -0.4 is 5.73 Å². The second-order valence-electron chi connectivity index (χ2n) is 7.79. The van der Waals surface area contributed by atoms with E-state index in [0.717, 1.165) is 28.4 Å². The molecule has 2 heterocycles. The molecule has 0 saturated heterocycles. The molecule has 0 unspecified atom stereocenters. The number of hydrogen-bond acceptors (Lipinski definition) is 2. The molecule has 0 aliphatic heterocycles. The fourth-order valence-electron chi connectivity index (χ4n) is 4.26.